The molecule has 2 N–H and O–H groups in total. The summed E-state index contributed by atoms with van der Waals surface area (Å²) in [6.07, 6.45) is 2.82. The van der Waals surface area contributed by atoms with Gasteiger partial charge in [-0.15, -0.1) is 0 Å². The average molecular weight is 310 g/mol. The Labute approximate surface area is 136 Å². The minimum Gasteiger partial charge on any atom is -0.348 e. The summed E-state index contributed by atoms with van der Waals surface area (Å²) in [6, 6.07) is 19.7. The van der Waals surface area contributed by atoms with Crippen molar-refractivity contribution in [3.05, 3.63) is 71.8 Å². The van der Waals surface area contributed by atoms with Crippen LogP contribution in [0.3, 0.4) is 0 Å². The lowest BCUT2D eigenvalue weighted by Crippen LogP contribution is -2.39. The van der Waals surface area contributed by atoms with Gasteiger partial charge in [0.2, 0.25) is 0 Å². The number of hydrogen-bond acceptors (Lipinski definition) is 2. The Morgan fingerprint density at radius 1 is 0.696 bits per heavy atom. The third-order valence-corrected chi connectivity index (χ3v) is 3.52. The van der Waals surface area contributed by atoms with Gasteiger partial charge in [0.1, 0.15) is 0 Å². The smallest absolute Gasteiger partial charge is 0.309 e. The number of unbranched alkanes of at least 4 members (excludes halogenated alkanes) is 1. The number of hydrogen-bond donors (Lipinski definition) is 2. The molecule has 0 aliphatic carbocycles. The quantitative estimate of drug-likeness (QED) is 0.609. The maximum absolute atomic E-state index is 11.7. The van der Waals surface area contributed by atoms with Crippen LogP contribution in [0.25, 0.3) is 0 Å². The molecule has 0 fully saturated rings. The van der Waals surface area contributed by atoms with E-state index in [4.69, 9.17) is 0 Å². The van der Waals surface area contributed by atoms with Crippen LogP contribution in [0.4, 0.5) is 0 Å². The van der Waals surface area contributed by atoms with Crippen LogP contribution >= 0.6 is 0 Å². The first-order valence-corrected chi connectivity index (χ1v) is 7.89. The fourth-order valence-electron chi connectivity index (χ4n) is 2.24. The van der Waals surface area contributed by atoms with Crippen molar-refractivity contribution in [1.29, 1.82) is 0 Å². The second-order valence-electron chi connectivity index (χ2n) is 5.37. The van der Waals surface area contributed by atoms with Crippen LogP contribution in [0.5, 0.6) is 0 Å². The van der Waals surface area contributed by atoms with Gasteiger partial charge >= 0.3 is 11.8 Å². The summed E-state index contributed by atoms with van der Waals surface area (Å²) in [5, 5.41) is 5.27. The molecule has 2 rings (SSSR count). The van der Waals surface area contributed by atoms with Crippen LogP contribution in [-0.2, 0) is 22.6 Å². The first-order chi connectivity index (χ1) is 11.3. The second kappa shape index (κ2) is 9.41. The molecule has 0 spiro atoms. The van der Waals surface area contributed by atoms with Gasteiger partial charge < -0.3 is 10.6 Å². The zero-order valence-electron chi connectivity index (χ0n) is 13.1. The van der Waals surface area contributed by atoms with Crippen molar-refractivity contribution in [2.45, 2.75) is 25.8 Å². The maximum atomic E-state index is 11.7. The highest BCUT2D eigenvalue weighted by Crippen LogP contribution is 2.03. The summed E-state index contributed by atoms with van der Waals surface area (Å²) in [6.45, 7) is 0.880. The van der Waals surface area contributed by atoms with E-state index in [1.165, 1.54) is 5.56 Å². The molecule has 4 heteroatoms. The molecule has 0 radical (unpaired) electrons. The number of amides is 2. The summed E-state index contributed by atoms with van der Waals surface area (Å²) in [5.74, 6) is -1.16. The number of carbonyl (C=O) groups is 2. The fraction of sp³-hybridized carbons (Fsp3) is 0.263. The molecule has 0 atom stereocenters. The van der Waals surface area contributed by atoms with Crippen molar-refractivity contribution < 1.29 is 9.59 Å². The Morgan fingerprint density at radius 2 is 1.26 bits per heavy atom. The number of carbonyl (C=O) groups excluding carboxylic acids is 2. The monoisotopic (exact) mass is 310 g/mol. The average Bonchev–Trinajstić information content (AvgIpc) is 2.61. The van der Waals surface area contributed by atoms with E-state index in [1.807, 2.05) is 48.5 Å². The first kappa shape index (κ1) is 16.7. The van der Waals surface area contributed by atoms with E-state index in [1.54, 1.807) is 0 Å². The molecular formula is C19H22N2O2. The Hall–Kier alpha value is -2.62. The SMILES string of the molecule is O=C(NCCCCc1ccccc1)C(=O)NCc1ccccc1. The number of nitrogens with one attached hydrogen (secondary N) is 2. The molecule has 0 bridgehead atoms. The highest BCUT2D eigenvalue weighted by Gasteiger charge is 2.11. The number of benzene rings is 2. The topological polar surface area (TPSA) is 58.2 Å². The molecule has 2 aromatic rings. The van der Waals surface area contributed by atoms with Gasteiger partial charge in [0, 0.05) is 13.1 Å². The highest BCUT2D eigenvalue weighted by molar-refractivity contribution is 6.35. The standard InChI is InChI=1S/C19H22N2O2/c22-18(19(23)21-15-17-12-5-2-6-13-17)20-14-8-7-11-16-9-3-1-4-10-16/h1-6,9-10,12-13H,7-8,11,14-15H2,(H,20,22)(H,21,23). The van der Waals surface area contributed by atoms with Gasteiger partial charge in [-0.2, -0.15) is 0 Å². The molecule has 0 saturated heterocycles. The van der Waals surface area contributed by atoms with Gasteiger partial charge in [0.05, 0.1) is 0 Å². The lowest BCUT2D eigenvalue weighted by molar-refractivity contribution is -0.139. The van der Waals surface area contributed by atoms with Crippen molar-refractivity contribution in [3.8, 4) is 0 Å². The first-order valence-electron chi connectivity index (χ1n) is 7.89. The molecule has 0 saturated carbocycles. The van der Waals surface area contributed by atoms with Gasteiger partial charge in [-0.1, -0.05) is 60.7 Å². The molecule has 0 unspecified atom stereocenters. The third kappa shape index (κ3) is 6.34. The Bertz CT molecular complexity index is 612. The maximum Gasteiger partial charge on any atom is 0.309 e. The number of rotatable bonds is 7. The van der Waals surface area contributed by atoms with Gasteiger partial charge in [0.15, 0.2) is 0 Å². The Kier molecular flexibility index (Phi) is 6.85. The molecule has 2 amide bonds. The van der Waals surface area contributed by atoms with Crippen molar-refractivity contribution in [1.82, 2.24) is 10.6 Å². The zero-order valence-corrected chi connectivity index (χ0v) is 13.1. The normalized spacial score (nSPS) is 10.1. The van der Waals surface area contributed by atoms with E-state index in [0.717, 1.165) is 24.8 Å². The summed E-state index contributed by atoms with van der Waals surface area (Å²) >= 11 is 0. The van der Waals surface area contributed by atoms with E-state index in [0.29, 0.717) is 13.1 Å². The molecule has 0 aromatic heterocycles. The minimum atomic E-state index is -0.586. The van der Waals surface area contributed by atoms with Crippen molar-refractivity contribution in [3.63, 3.8) is 0 Å². The van der Waals surface area contributed by atoms with Gasteiger partial charge in [-0.25, -0.2) is 0 Å². The molecule has 2 aromatic carbocycles. The second-order valence-corrected chi connectivity index (χ2v) is 5.37. The predicted octanol–water partition coefficient (Wildman–Crippen LogP) is 2.44. The van der Waals surface area contributed by atoms with Crippen LogP contribution < -0.4 is 10.6 Å². The predicted molar refractivity (Wildman–Crippen MR) is 90.7 cm³/mol. The summed E-state index contributed by atoms with van der Waals surface area (Å²) in [7, 11) is 0. The Balaban J connectivity index is 1.58. The largest absolute Gasteiger partial charge is 0.348 e. The van der Waals surface area contributed by atoms with Gasteiger partial charge in [-0.05, 0) is 30.4 Å². The molecule has 0 aliphatic heterocycles. The lowest BCUT2D eigenvalue weighted by Gasteiger charge is -2.07. The van der Waals surface area contributed by atoms with E-state index < -0.39 is 11.8 Å². The molecule has 0 heterocycles. The van der Waals surface area contributed by atoms with Crippen molar-refractivity contribution in [2.75, 3.05) is 6.54 Å². The van der Waals surface area contributed by atoms with E-state index >= 15 is 0 Å². The van der Waals surface area contributed by atoms with Crippen LogP contribution in [0.1, 0.15) is 24.0 Å². The molecule has 120 valence electrons. The van der Waals surface area contributed by atoms with Crippen LogP contribution in [0.2, 0.25) is 0 Å². The lowest BCUT2D eigenvalue weighted by atomic mass is 10.1. The van der Waals surface area contributed by atoms with Gasteiger partial charge in [0.25, 0.3) is 0 Å². The summed E-state index contributed by atoms with van der Waals surface area (Å²) in [4.78, 5) is 23.4. The minimum absolute atomic E-state index is 0.362. The number of aryl methyl sites for hydroxylation is 1. The molecule has 0 aliphatic rings. The zero-order chi connectivity index (χ0) is 16.3. The van der Waals surface area contributed by atoms with Crippen LogP contribution in [0, 0.1) is 0 Å². The molecule has 4 nitrogen and oxygen atoms in total. The summed E-state index contributed by atoms with van der Waals surface area (Å²) < 4.78 is 0. The summed E-state index contributed by atoms with van der Waals surface area (Å²) in [5.41, 5.74) is 2.26. The molecular weight excluding hydrogens is 288 g/mol. The van der Waals surface area contributed by atoms with E-state index in [2.05, 4.69) is 22.8 Å². The fourth-order valence-corrected chi connectivity index (χ4v) is 2.24. The van der Waals surface area contributed by atoms with Crippen LogP contribution in [0.15, 0.2) is 60.7 Å². The van der Waals surface area contributed by atoms with Crippen molar-refractivity contribution >= 4 is 11.8 Å². The Morgan fingerprint density at radius 3 is 1.91 bits per heavy atom. The van der Waals surface area contributed by atoms with E-state index in [9.17, 15) is 9.59 Å². The highest BCUT2D eigenvalue weighted by atomic mass is 16.2. The van der Waals surface area contributed by atoms with Crippen LogP contribution in [-0.4, -0.2) is 18.4 Å². The third-order valence-electron chi connectivity index (χ3n) is 3.52. The van der Waals surface area contributed by atoms with Crippen molar-refractivity contribution in [2.24, 2.45) is 0 Å². The molecule has 23 heavy (non-hydrogen) atoms. The van der Waals surface area contributed by atoms with E-state index in [-0.39, 0.29) is 0 Å². The van der Waals surface area contributed by atoms with Gasteiger partial charge in [-0.3, -0.25) is 9.59 Å².